The lowest BCUT2D eigenvalue weighted by Gasteiger charge is -2.09. The number of aryl methyl sites for hydroxylation is 1. The Hall–Kier alpha value is -1.54. The second-order valence-electron chi connectivity index (χ2n) is 3.06. The molecule has 80 valence electrons. The first-order valence-corrected chi connectivity index (χ1v) is 5.52. The third-order valence-corrected chi connectivity index (χ3v) is 2.83. The van der Waals surface area contributed by atoms with Crippen molar-refractivity contribution in [2.45, 2.75) is 12.2 Å². The van der Waals surface area contributed by atoms with Crippen molar-refractivity contribution in [2.24, 2.45) is 0 Å². The van der Waals surface area contributed by atoms with E-state index >= 15 is 0 Å². The van der Waals surface area contributed by atoms with Crippen molar-refractivity contribution in [3.8, 4) is 11.8 Å². The number of thiol groups is 1. The molecule has 1 unspecified atom stereocenters. The van der Waals surface area contributed by atoms with E-state index in [4.69, 9.17) is 10.00 Å². The minimum absolute atomic E-state index is 0.390. The Labute approximate surface area is 90.1 Å². The quantitative estimate of drug-likeness (QED) is 0.784. The molecule has 0 aromatic heterocycles. The van der Waals surface area contributed by atoms with E-state index in [0.717, 1.165) is 5.56 Å². The summed E-state index contributed by atoms with van der Waals surface area (Å²) in [6.07, 6.45) is 0. The summed E-state index contributed by atoms with van der Waals surface area (Å²) in [5.74, 6) is 0.431. The summed E-state index contributed by atoms with van der Waals surface area (Å²) in [5, 5.41) is 7.61. The van der Waals surface area contributed by atoms with Crippen molar-refractivity contribution in [2.75, 3.05) is 7.11 Å². The lowest BCUT2D eigenvalue weighted by molar-refractivity contribution is 0.410. The predicted octanol–water partition coefficient (Wildman–Crippen LogP) is 1.18. The highest BCUT2D eigenvalue weighted by atomic mass is 32.2. The van der Waals surface area contributed by atoms with Crippen LogP contribution in [0.1, 0.15) is 16.4 Å². The molecule has 0 amide bonds. The number of ether oxygens (including phenoxy) is 1. The maximum Gasteiger partial charge on any atom is 0.174 e. The third-order valence-electron chi connectivity index (χ3n) is 2.02. The highest BCUT2D eigenvalue weighted by molar-refractivity contribution is 7.73. The van der Waals surface area contributed by atoms with Crippen LogP contribution in [0, 0.1) is 18.3 Å². The largest absolute Gasteiger partial charge is 0.496 e. The summed E-state index contributed by atoms with van der Waals surface area (Å²) in [7, 11) is -1.36. The van der Waals surface area contributed by atoms with Gasteiger partial charge in [-0.3, -0.25) is 0 Å². The van der Waals surface area contributed by atoms with E-state index in [2.05, 4.69) is 0 Å². The molecule has 1 aromatic carbocycles. The summed E-state index contributed by atoms with van der Waals surface area (Å²) < 4.78 is 26.7. The van der Waals surface area contributed by atoms with Crippen LogP contribution in [0.2, 0.25) is 0 Å². The van der Waals surface area contributed by atoms with Gasteiger partial charge in [0.1, 0.15) is 5.75 Å². The van der Waals surface area contributed by atoms with Crippen LogP contribution in [-0.4, -0.2) is 15.5 Å². The number of methoxy groups -OCH3 is 1. The first kappa shape index (κ1) is 11.5. The Morgan fingerprint density at radius 2 is 2.13 bits per heavy atom. The minimum Gasteiger partial charge on any atom is -0.496 e. The summed E-state index contributed by atoms with van der Waals surface area (Å²) in [6, 6.07) is 6.80. The van der Waals surface area contributed by atoms with Crippen molar-refractivity contribution >= 4 is 10.7 Å². The molecule has 0 saturated carbocycles. The number of hydrogen-bond donors (Lipinski definition) is 1. The zero-order valence-electron chi connectivity index (χ0n) is 8.43. The molecule has 0 saturated heterocycles. The molecule has 0 aliphatic carbocycles. The molecule has 4 nitrogen and oxygen atoms in total. The van der Waals surface area contributed by atoms with Crippen molar-refractivity contribution in [3.05, 3.63) is 29.3 Å². The van der Waals surface area contributed by atoms with E-state index < -0.39 is 16.0 Å². The topological polar surface area (TPSA) is 67.2 Å². The van der Waals surface area contributed by atoms with Crippen LogP contribution in [-0.2, 0) is 10.7 Å². The van der Waals surface area contributed by atoms with Crippen LogP contribution in [0.3, 0.4) is 0 Å². The molecule has 1 rings (SSSR count). The van der Waals surface area contributed by atoms with Crippen LogP contribution in [0.15, 0.2) is 18.2 Å². The SMILES string of the molecule is COc1cc(C)ccc1C(C#N)[SH](=O)=O. The van der Waals surface area contributed by atoms with Gasteiger partial charge >= 0.3 is 0 Å². The molecule has 0 bridgehead atoms. The molecule has 1 atom stereocenters. The maximum absolute atomic E-state index is 10.8. The van der Waals surface area contributed by atoms with E-state index in [9.17, 15) is 8.42 Å². The molecular weight excluding hydrogens is 214 g/mol. The molecule has 0 heterocycles. The van der Waals surface area contributed by atoms with Gasteiger partial charge in [0, 0.05) is 5.56 Å². The first-order chi connectivity index (χ1) is 7.10. The summed E-state index contributed by atoms with van der Waals surface area (Å²) >= 11 is 0. The molecule has 5 heteroatoms. The van der Waals surface area contributed by atoms with E-state index in [1.807, 2.05) is 6.92 Å². The van der Waals surface area contributed by atoms with E-state index in [0.29, 0.717) is 11.3 Å². The Morgan fingerprint density at radius 3 is 2.60 bits per heavy atom. The van der Waals surface area contributed by atoms with Gasteiger partial charge in [-0.2, -0.15) is 5.26 Å². The summed E-state index contributed by atoms with van der Waals surface area (Å²) in [5.41, 5.74) is 1.34. The van der Waals surface area contributed by atoms with Gasteiger partial charge < -0.3 is 4.74 Å². The van der Waals surface area contributed by atoms with Gasteiger partial charge in [0.2, 0.25) is 0 Å². The van der Waals surface area contributed by atoms with Crippen LogP contribution in [0.4, 0.5) is 0 Å². The van der Waals surface area contributed by atoms with Crippen LogP contribution < -0.4 is 4.74 Å². The second kappa shape index (κ2) is 4.80. The second-order valence-corrected chi connectivity index (χ2v) is 4.15. The first-order valence-electron chi connectivity index (χ1n) is 4.27. The molecular formula is C10H11NO3S. The van der Waals surface area contributed by atoms with Gasteiger partial charge in [0.15, 0.2) is 16.0 Å². The normalized spacial score (nSPS) is 12.1. The Balaban J connectivity index is 3.30. The fourth-order valence-electron chi connectivity index (χ4n) is 1.27. The zero-order valence-corrected chi connectivity index (χ0v) is 9.32. The summed E-state index contributed by atoms with van der Waals surface area (Å²) in [4.78, 5) is 0. The molecule has 15 heavy (non-hydrogen) atoms. The van der Waals surface area contributed by atoms with Crippen molar-refractivity contribution < 1.29 is 13.2 Å². The van der Waals surface area contributed by atoms with E-state index in [1.54, 1.807) is 24.3 Å². The molecule has 0 aliphatic rings. The Morgan fingerprint density at radius 1 is 1.47 bits per heavy atom. The number of nitrogens with zero attached hydrogens (tertiary/aromatic N) is 1. The number of hydrogen-bond acceptors (Lipinski definition) is 4. The Kier molecular flexibility index (Phi) is 3.69. The van der Waals surface area contributed by atoms with Gasteiger partial charge in [-0.25, -0.2) is 8.42 Å². The van der Waals surface area contributed by atoms with Gasteiger partial charge in [0.25, 0.3) is 0 Å². The van der Waals surface area contributed by atoms with Gasteiger partial charge in [-0.15, -0.1) is 0 Å². The minimum atomic E-state index is -2.81. The number of rotatable bonds is 3. The predicted molar refractivity (Wildman–Crippen MR) is 56.4 cm³/mol. The van der Waals surface area contributed by atoms with Crippen molar-refractivity contribution in [1.82, 2.24) is 0 Å². The molecule has 0 N–H and O–H groups in total. The maximum atomic E-state index is 10.8. The van der Waals surface area contributed by atoms with Crippen LogP contribution in [0.25, 0.3) is 0 Å². The number of nitriles is 1. The fraction of sp³-hybridized carbons (Fsp3) is 0.300. The standard InChI is InChI=1S/C10H11NO3S/c1-7-3-4-8(9(5-7)14-2)10(6-11)15(12)13/h3-5,10,15H,1-2H3. The van der Waals surface area contributed by atoms with Crippen molar-refractivity contribution in [3.63, 3.8) is 0 Å². The molecule has 0 spiro atoms. The Bertz CT molecular complexity index is 466. The van der Waals surface area contributed by atoms with E-state index in [1.165, 1.54) is 7.11 Å². The molecule has 0 fully saturated rings. The van der Waals surface area contributed by atoms with Gasteiger partial charge in [-0.05, 0) is 18.6 Å². The number of benzene rings is 1. The molecule has 1 aromatic rings. The van der Waals surface area contributed by atoms with Gasteiger partial charge in [0.05, 0.1) is 13.2 Å². The highest BCUT2D eigenvalue weighted by Crippen LogP contribution is 2.27. The molecule has 0 aliphatic heterocycles. The van der Waals surface area contributed by atoms with Crippen molar-refractivity contribution in [1.29, 1.82) is 5.26 Å². The lowest BCUT2D eigenvalue weighted by Crippen LogP contribution is -2.01. The third kappa shape index (κ3) is 2.48. The zero-order chi connectivity index (χ0) is 11.4. The monoisotopic (exact) mass is 225 g/mol. The smallest absolute Gasteiger partial charge is 0.174 e. The van der Waals surface area contributed by atoms with Gasteiger partial charge in [-0.1, -0.05) is 12.1 Å². The van der Waals surface area contributed by atoms with Crippen LogP contribution in [0.5, 0.6) is 5.75 Å². The molecule has 0 radical (unpaired) electrons. The van der Waals surface area contributed by atoms with E-state index in [-0.39, 0.29) is 0 Å². The average molecular weight is 225 g/mol. The lowest BCUT2D eigenvalue weighted by atomic mass is 10.1. The average Bonchev–Trinajstić information content (AvgIpc) is 2.20. The highest BCUT2D eigenvalue weighted by Gasteiger charge is 2.18. The fourth-order valence-corrected chi connectivity index (χ4v) is 1.81. The summed E-state index contributed by atoms with van der Waals surface area (Å²) in [6.45, 7) is 1.87. The van der Waals surface area contributed by atoms with Crippen LogP contribution >= 0.6 is 0 Å².